The van der Waals surface area contributed by atoms with Gasteiger partial charge in [0.25, 0.3) is 0 Å². The van der Waals surface area contributed by atoms with E-state index in [1.165, 1.54) is 23.9 Å². The Morgan fingerprint density at radius 3 is 2.66 bits per heavy atom. The minimum Gasteiger partial charge on any atom is -0.381 e. The Balaban J connectivity index is 1.55. The summed E-state index contributed by atoms with van der Waals surface area (Å²) in [6.07, 6.45) is 3.38. The summed E-state index contributed by atoms with van der Waals surface area (Å²) in [6.45, 7) is 6.65. The predicted molar refractivity (Wildman–Crippen MR) is 119 cm³/mol. The molecular formula is C22H21FN6O2S. The monoisotopic (exact) mass is 452 g/mol. The number of morpholine rings is 1. The number of pyridine rings is 2. The fourth-order valence-corrected chi connectivity index (χ4v) is 4.60. The molecule has 1 aliphatic rings. The van der Waals surface area contributed by atoms with Gasteiger partial charge in [-0.2, -0.15) is 4.39 Å². The Hall–Kier alpha value is -3.08. The van der Waals surface area contributed by atoms with Crippen molar-refractivity contribution < 1.29 is 14.2 Å². The van der Waals surface area contributed by atoms with E-state index in [9.17, 15) is 9.50 Å². The zero-order chi connectivity index (χ0) is 22.2. The van der Waals surface area contributed by atoms with Gasteiger partial charge in [-0.15, -0.1) is 11.3 Å². The van der Waals surface area contributed by atoms with Crippen LogP contribution in [-0.2, 0) is 4.74 Å². The quantitative estimate of drug-likeness (QED) is 0.472. The molecule has 0 unspecified atom stereocenters. The number of aryl methyl sites for hydroxylation is 2. The molecule has 0 aliphatic carbocycles. The molecule has 1 N–H and O–H groups in total. The van der Waals surface area contributed by atoms with Crippen molar-refractivity contribution >= 4 is 28.1 Å². The van der Waals surface area contributed by atoms with E-state index < -0.39 is 12.1 Å². The van der Waals surface area contributed by atoms with Gasteiger partial charge in [-0.05, 0) is 19.9 Å². The van der Waals surface area contributed by atoms with Crippen LogP contribution in [0.25, 0.3) is 22.2 Å². The minimum absolute atomic E-state index is 0.180. The summed E-state index contributed by atoms with van der Waals surface area (Å²) in [5, 5.41) is 12.0. The highest BCUT2D eigenvalue weighted by Crippen LogP contribution is 2.33. The number of aliphatic hydroxyl groups is 1. The number of aliphatic hydroxyl groups excluding tert-OH is 1. The molecule has 0 saturated carbocycles. The van der Waals surface area contributed by atoms with Gasteiger partial charge < -0.3 is 14.7 Å². The van der Waals surface area contributed by atoms with Crippen molar-refractivity contribution in [3.63, 3.8) is 0 Å². The van der Waals surface area contributed by atoms with Gasteiger partial charge in [0.2, 0.25) is 5.95 Å². The van der Waals surface area contributed by atoms with Crippen LogP contribution in [0.5, 0.6) is 0 Å². The Morgan fingerprint density at radius 1 is 1.09 bits per heavy atom. The van der Waals surface area contributed by atoms with Crippen molar-refractivity contribution in [2.75, 3.05) is 31.2 Å². The van der Waals surface area contributed by atoms with Crippen molar-refractivity contribution in [2.45, 2.75) is 20.0 Å². The van der Waals surface area contributed by atoms with Crippen molar-refractivity contribution in [2.24, 2.45) is 0 Å². The molecule has 5 heterocycles. The first-order valence-corrected chi connectivity index (χ1v) is 11.0. The van der Waals surface area contributed by atoms with Crippen LogP contribution >= 0.6 is 11.3 Å². The van der Waals surface area contributed by atoms with E-state index in [0.717, 1.165) is 29.5 Å². The lowest BCUT2D eigenvalue weighted by molar-refractivity contribution is 0.122. The van der Waals surface area contributed by atoms with Crippen molar-refractivity contribution in [1.82, 2.24) is 24.9 Å². The van der Waals surface area contributed by atoms with Gasteiger partial charge in [0.15, 0.2) is 0 Å². The summed E-state index contributed by atoms with van der Waals surface area (Å²) in [7, 11) is 0. The van der Waals surface area contributed by atoms with E-state index in [2.05, 4.69) is 29.8 Å². The van der Waals surface area contributed by atoms with E-state index in [-0.39, 0.29) is 5.56 Å². The number of nitrogens with zero attached hydrogens (tertiary/aromatic N) is 6. The summed E-state index contributed by atoms with van der Waals surface area (Å²) in [5.74, 6) is 0.118. The minimum atomic E-state index is -1.00. The summed E-state index contributed by atoms with van der Waals surface area (Å²) >= 11 is 1.41. The van der Waals surface area contributed by atoms with Crippen molar-refractivity contribution in [3.8, 4) is 11.3 Å². The summed E-state index contributed by atoms with van der Waals surface area (Å²) in [6, 6.07) is 3.44. The van der Waals surface area contributed by atoms with Gasteiger partial charge in [0, 0.05) is 47.4 Å². The third kappa shape index (κ3) is 3.81. The van der Waals surface area contributed by atoms with Gasteiger partial charge in [-0.1, -0.05) is 0 Å². The van der Waals surface area contributed by atoms with Crippen LogP contribution in [-0.4, -0.2) is 56.3 Å². The number of thiazole rings is 1. The summed E-state index contributed by atoms with van der Waals surface area (Å²) in [4.78, 5) is 24.7. The first-order valence-electron chi connectivity index (χ1n) is 10.2. The lowest BCUT2D eigenvalue weighted by Gasteiger charge is -2.27. The fourth-order valence-electron chi connectivity index (χ4n) is 3.66. The van der Waals surface area contributed by atoms with Gasteiger partial charge in [0.1, 0.15) is 23.3 Å². The largest absolute Gasteiger partial charge is 0.381 e. The lowest BCUT2D eigenvalue weighted by Crippen LogP contribution is -2.36. The Bertz CT molecular complexity index is 1270. The van der Waals surface area contributed by atoms with E-state index in [1.54, 1.807) is 12.3 Å². The first kappa shape index (κ1) is 20.8. The molecule has 1 atom stereocenters. The molecule has 4 aromatic rings. The van der Waals surface area contributed by atoms with E-state index in [0.29, 0.717) is 40.4 Å². The normalized spacial score (nSPS) is 15.3. The number of aromatic nitrogens is 5. The lowest BCUT2D eigenvalue weighted by atomic mass is 10.0. The standard InChI is InChI=1S/C22H21FN6O2S/c1-12-13(2)32-22(28-12)20(30)14-7-15(21(23)25-9-14)19-16-10-24-18(8-17(16)26-11-27-19)29-3-5-31-6-4-29/h7-11,20,30H,3-6H2,1-2H3/t20-/m1/s1. The van der Waals surface area contributed by atoms with E-state index in [1.807, 2.05) is 19.9 Å². The molecule has 0 radical (unpaired) electrons. The molecule has 1 aliphatic heterocycles. The second kappa shape index (κ2) is 8.45. The van der Waals surface area contributed by atoms with Gasteiger partial charge in [-0.3, -0.25) is 0 Å². The van der Waals surface area contributed by atoms with Crippen LogP contribution in [0.15, 0.2) is 30.9 Å². The molecule has 0 spiro atoms. The van der Waals surface area contributed by atoms with Crippen LogP contribution in [0, 0.1) is 19.8 Å². The third-order valence-corrected chi connectivity index (χ3v) is 6.68. The molecule has 32 heavy (non-hydrogen) atoms. The van der Waals surface area contributed by atoms with E-state index in [4.69, 9.17) is 4.74 Å². The molecule has 0 amide bonds. The smallest absolute Gasteiger partial charge is 0.222 e. The van der Waals surface area contributed by atoms with Gasteiger partial charge >= 0.3 is 0 Å². The number of hydrogen-bond donors (Lipinski definition) is 1. The average molecular weight is 453 g/mol. The third-order valence-electron chi connectivity index (χ3n) is 5.55. The number of rotatable bonds is 4. The molecule has 0 bridgehead atoms. The Morgan fingerprint density at radius 2 is 1.91 bits per heavy atom. The molecule has 1 saturated heterocycles. The zero-order valence-corrected chi connectivity index (χ0v) is 18.4. The molecule has 10 heteroatoms. The maximum atomic E-state index is 14.8. The number of fused-ring (bicyclic) bond motifs is 1. The average Bonchev–Trinajstić information content (AvgIpc) is 3.17. The second-order valence-corrected chi connectivity index (χ2v) is 8.82. The van der Waals surface area contributed by atoms with Crippen molar-refractivity contribution in [3.05, 3.63) is 57.9 Å². The molecule has 0 aromatic carbocycles. The predicted octanol–water partition coefficient (Wildman–Crippen LogP) is 3.22. The fraction of sp³-hybridized carbons (Fsp3) is 0.318. The molecule has 8 nitrogen and oxygen atoms in total. The molecule has 1 fully saturated rings. The topological polar surface area (TPSA) is 97.2 Å². The molecule has 5 rings (SSSR count). The number of anilines is 1. The van der Waals surface area contributed by atoms with Crippen LogP contribution in [0.4, 0.5) is 10.2 Å². The second-order valence-electron chi connectivity index (χ2n) is 7.58. The maximum Gasteiger partial charge on any atom is 0.222 e. The number of halogens is 1. The highest BCUT2D eigenvalue weighted by Gasteiger charge is 2.21. The SMILES string of the molecule is Cc1nc([C@H](O)c2cnc(F)c(-c3ncnc4cc(N5CCOCC5)ncc34)c2)sc1C. The molecular weight excluding hydrogens is 431 g/mol. The van der Waals surface area contributed by atoms with E-state index >= 15 is 0 Å². The summed E-state index contributed by atoms with van der Waals surface area (Å²) in [5.41, 5.74) is 2.52. The number of ether oxygens (including phenoxy) is 1. The molecule has 164 valence electrons. The highest BCUT2D eigenvalue weighted by molar-refractivity contribution is 7.11. The Labute approximate surface area is 187 Å². The first-order chi connectivity index (χ1) is 15.5. The van der Waals surface area contributed by atoms with Gasteiger partial charge in [0.05, 0.1) is 35.7 Å². The van der Waals surface area contributed by atoms with Gasteiger partial charge in [-0.25, -0.2) is 24.9 Å². The van der Waals surface area contributed by atoms with Crippen LogP contribution in [0.1, 0.15) is 27.2 Å². The number of hydrogen-bond acceptors (Lipinski definition) is 9. The van der Waals surface area contributed by atoms with Crippen LogP contribution in [0.2, 0.25) is 0 Å². The molecule has 4 aromatic heterocycles. The zero-order valence-electron chi connectivity index (χ0n) is 17.6. The highest BCUT2D eigenvalue weighted by atomic mass is 32.1. The Kier molecular flexibility index (Phi) is 5.50. The van der Waals surface area contributed by atoms with Crippen LogP contribution in [0.3, 0.4) is 0 Å². The van der Waals surface area contributed by atoms with Crippen LogP contribution < -0.4 is 4.90 Å². The van der Waals surface area contributed by atoms with Crippen molar-refractivity contribution in [1.29, 1.82) is 0 Å². The summed E-state index contributed by atoms with van der Waals surface area (Å²) < 4.78 is 20.2. The maximum absolute atomic E-state index is 14.8.